The summed E-state index contributed by atoms with van der Waals surface area (Å²) in [6, 6.07) is 7.46. The van der Waals surface area contributed by atoms with Gasteiger partial charge in [0.15, 0.2) is 5.96 Å². The zero-order chi connectivity index (χ0) is 18.4. The minimum absolute atomic E-state index is 0. The minimum Gasteiger partial charge on any atom is -0.357 e. The lowest BCUT2D eigenvalue weighted by Crippen LogP contribution is -2.49. The highest BCUT2D eigenvalue weighted by molar-refractivity contribution is 14.0. The average Bonchev–Trinajstić information content (AvgIpc) is 3.43. The smallest absolute Gasteiger partial charge is 0.191 e. The second-order valence-corrected chi connectivity index (χ2v) is 7.74. The monoisotopic (exact) mass is 488 g/mol. The highest BCUT2D eigenvalue weighted by Crippen LogP contribution is 2.48. The maximum atomic E-state index is 13.2. The first kappa shape index (κ1) is 22.4. The Bertz CT molecular complexity index is 593. The van der Waals surface area contributed by atoms with Crippen molar-refractivity contribution in [1.82, 2.24) is 15.5 Å². The van der Waals surface area contributed by atoms with E-state index in [4.69, 9.17) is 4.99 Å². The second kappa shape index (κ2) is 10.6. The van der Waals surface area contributed by atoms with Crippen LogP contribution >= 0.6 is 24.0 Å². The van der Waals surface area contributed by atoms with Crippen LogP contribution in [0.15, 0.2) is 29.3 Å². The molecular weight excluding hydrogens is 454 g/mol. The number of guanidine groups is 1. The van der Waals surface area contributed by atoms with E-state index < -0.39 is 0 Å². The van der Waals surface area contributed by atoms with Crippen molar-refractivity contribution in [2.75, 3.05) is 32.7 Å². The van der Waals surface area contributed by atoms with Crippen molar-refractivity contribution in [1.29, 1.82) is 0 Å². The molecule has 0 unspecified atom stereocenters. The van der Waals surface area contributed by atoms with Gasteiger partial charge in [-0.05, 0) is 63.3 Å². The quantitative estimate of drug-likeness (QED) is 0.348. The molecule has 152 valence electrons. The number of nitrogens with one attached hydrogen (secondary N) is 2. The number of hydrogen-bond acceptors (Lipinski definition) is 2. The molecule has 1 saturated carbocycles. The van der Waals surface area contributed by atoms with Gasteiger partial charge in [-0.15, -0.1) is 24.0 Å². The summed E-state index contributed by atoms with van der Waals surface area (Å²) in [5, 5.41) is 7.03. The van der Waals surface area contributed by atoms with Gasteiger partial charge in [-0.25, -0.2) is 4.39 Å². The Balaban J connectivity index is 0.00000261. The molecule has 0 aromatic heterocycles. The third-order valence-corrected chi connectivity index (χ3v) is 5.66. The molecule has 0 bridgehead atoms. The molecule has 0 amide bonds. The Morgan fingerprint density at radius 1 is 1.19 bits per heavy atom. The van der Waals surface area contributed by atoms with E-state index in [9.17, 15) is 4.39 Å². The van der Waals surface area contributed by atoms with Gasteiger partial charge in [0.05, 0.1) is 6.54 Å². The largest absolute Gasteiger partial charge is 0.357 e. The Hall–Kier alpha value is -0.890. The summed E-state index contributed by atoms with van der Waals surface area (Å²) in [5.41, 5.74) is 1.33. The number of rotatable bonds is 7. The van der Waals surface area contributed by atoms with Crippen LogP contribution in [0.4, 0.5) is 4.39 Å². The molecule has 27 heavy (non-hydrogen) atoms. The molecule has 1 aliphatic carbocycles. The van der Waals surface area contributed by atoms with E-state index in [1.54, 1.807) is 12.1 Å². The minimum atomic E-state index is -0.169. The van der Waals surface area contributed by atoms with Crippen molar-refractivity contribution in [2.45, 2.75) is 57.4 Å². The number of likely N-dealkylation sites (tertiary alicyclic amines) is 1. The van der Waals surface area contributed by atoms with Gasteiger partial charge >= 0.3 is 0 Å². The van der Waals surface area contributed by atoms with Crippen molar-refractivity contribution in [3.63, 3.8) is 0 Å². The van der Waals surface area contributed by atoms with Crippen LogP contribution in [0.5, 0.6) is 0 Å². The standard InChI is InChI=1S/C21H33FN4.HI/c1-3-13-26-14-9-19(10-15-26)25-20(23-4-2)24-16-21(11-12-21)17-5-7-18(22)8-6-17;/h5-8,19H,3-4,9-16H2,1-2H3,(H2,23,24,25);1H. The molecule has 1 heterocycles. The Morgan fingerprint density at radius 2 is 1.85 bits per heavy atom. The lowest BCUT2D eigenvalue weighted by atomic mass is 9.96. The molecule has 0 atom stereocenters. The Kier molecular flexibility index (Phi) is 8.79. The van der Waals surface area contributed by atoms with Crippen LogP contribution in [-0.4, -0.2) is 49.6 Å². The highest BCUT2D eigenvalue weighted by atomic mass is 127. The first-order valence-corrected chi connectivity index (χ1v) is 10.2. The zero-order valence-electron chi connectivity index (χ0n) is 16.6. The SMILES string of the molecule is CCCN1CCC(NC(=NCC2(c3ccc(F)cc3)CC2)NCC)CC1.I. The van der Waals surface area contributed by atoms with Gasteiger partial charge in [-0.2, -0.15) is 0 Å². The number of piperidine rings is 1. The molecule has 2 N–H and O–H groups in total. The molecule has 0 spiro atoms. The van der Waals surface area contributed by atoms with E-state index in [0.29, 0.717) is 6.04 Å². The summed E-state index contributed by atoms with van der Waals surface area (Å²) in [6.45, 7) is 9.53. The normalized spacial score (nSPS) is 20.0. The number of nitrogens with zero attached hydrogens (tertiary/aromatic N) is 2. The molecule has 1 saturated heterocycles. The zero-order valence-corrected chi connectivity index (χ0v) is 19.0. The molecule has 2 fully saturated rings. The van der Waals surface area contributed by atoms with Crippen LogP contribution in [0.1, 0.15) is 51.5 Å². The predicted molar refractivity (Wildman–Crippen MR) is 122 cm³/mol. The summed E-state index contributed by atoms with van der Waals surface area (Å²) in [7, 11) is 0. The van der Waals surface area contributed by atoms with Crippen LogP contribution < -0.4 is 10.6 Å². The Labute approximate surface area is 180 Å². The fourth-order valence-electron chi connectivity index (χ4n) is 3.85. The van der Waals surface area contributed by atoms with E-state index in [2.05, 4.69) is 29.4 Å². The molecule has 1 aliphatic heterocycles. The molecule has 2 aliphatic rings. The molecule has 4 nitrogen and oxygen atoms in total. The van der Waals surface area contributed by atoms with Crippen molar-refractivity contribution < 1.29 is 4.39 Å². The van der Waals surface area contributed by atoms with Crippen LogP contribution in [0.2, 0.25) is 0 Å². The molecule has 0 radical (unpaired) electrons. The van der Waals surface area contributed by atoms with Gasteiger partial charge in [-0.3, -0.25) is 4.99 Å². The van der Waals surface area contributed by atoms with E-state index in [1.165, 1.54) is 44.5 Å². The topological polar surface area (TPSA) is 39.7 Å². The number of aliphatic imine (C=N–C) groups is 1. The lowest BCUT2D eigenvalue weighted by molar-refractivity contribution is 0.206. The number of benzene rings is 1. The van der Waals surface area contributed by atoms with Crippen LogP contribution in [-0.2, 0) is 5.41 Å². The van der Waals surface area contributed by atoms with E-state index in [1.807, 2.05) is 12.1 Å². The summed E-state index contributed by atoms with van der Waals surface area (Å²) in [4.78, 5) is 7.43. The third-order valence-electron chi connectivity index (χ3n) is 5.66. The fraction of sp³-hybridized carbons (Fsp3) is 0.667. The average molecular weight is 488 g/mol. The van der Waals surface area contributed by atoms with Crippen LogP contribution in [0.3, 0.4) is 0 Å². The predicted octanol–water partition coefficient (Wildman–Crippen LogP) is 3.90. The first-order valence-electron chi connectivity index (χ1n) is 10.2. The Morgan fingerprint density at radius 3 is 2.41 bits per heavy atom. The molecule has 1 aromatic rings. The van der Waals surface area contributed by atoms with E-state index >= 15 is 0 Å². The fourth-order valence-corrected chi connectivity index (χ4v) is 3.85. The first-order chi connectivity index (χ1) is 12.6. The van der Waals surface area contributed by atoms with E-state index in [-0.39, 0.29) is 35.2 Å². The maximum Gasteiger partial charge on any atom is 0.191 e. The van der Waals surface area contributed by atoms with Crippen molar-refractivity contribution in [2.24, 2.45) is 4.99 Å². The highest BCUT2D eigenvalue weighted by Gasteiger charge is 2.44. The maximum absolute atomic E-state index is 13.2. The summed E-state index contributed by atoms with van der Waals surface area (Å²) in [5.74, 6) is 0.757. The molecule has 1 aromatic carbocycles. The van der Waals surface area contributed by atoms with Crippen molar-refractivity contribution >= 4 is 29.9 Å². The van der Waals surface area contributed by atoms with E-state index in [0.717, 1.165) is 31.9 Å². The van der Waals surface area contributed by atoms with Gasteiger partial charge < -0.3 is 15.5 Å². The lowest BCUT2D eigenvalue weighted by Gasteiger charge is -2.33. The molecule has 3 rings (SSSR count). The number of halogens is 2. The molecular formula is C21H34FIN4. The van der Waals surface area contributed by atoms with Gasteiger partial charge in [0.1, 0.15) is 5.82 Å². The van der Waals surface area contributed by atoms with Gasteiger partial charge in [-0.1, -0.05) is 19.1 Å². The third kappa shape index (κ3) is 6.31. The second-order valence-electron chi connectivity index (χ2n) is 7.74. The van der Waals surface area contributed by atoms with Gasteiger partial charge in [0.2, 0.25) is 0 Å². The van der Waals surface area contributed by atoms with Crippen LogP contribution in [0.25, 0.3) is 0 Å². The summed E-state index contributed by atoms with van der Waals surface area (Å²) >= 11 is 0. The van der Waals surface area contributed by atoms with Gasteiger partial charge in [0.25, 0.3) is 0 Å². The summed E-state index contributed by atoms with van der Waals surface area (Å²) < 4.78 is 13.2. The van der Waals surface area contributed by atoms with Crippen molar-refractivity contribution in [3.8, 4) is 0 Å². The van der Waals surface area contributed by atoms with Gasteiger partial charge in [0, 0.05) is 31.1 Å². The summed E-state index contributed by atoms with van der Waals surface area (Å²) in [6.07, 6.45) is 5.85. The van der Waals surface area contributed by atoms with Crippen molar-refractivity contribution in [3.05, 3.63) is 35.6 Å². The molecule has 6 heteroatoms. The number of hydrogen-bond donors (Lipinski definition) is 2. The van der Waals surface area contributed by atoms with Crippen LogP contribution in [0, 0.1) is 5.82 Å².